The van der Waals surface area contributed by atoms with Gasteiger partial charge in [0.15, 0.2) is 6.29 Å². The molecule has 2 amide bonds. The fourth-order valence-corrected chi connectivity index (χ4v) is 4.40. The van der Waals surface area contributed by atoms with Crippen molar-refractivity contribution < 1.29 is 22.8 Å². The molecule has 1 N–H and O–H groups in total. The van der Waals surface area contributed by atoms with E-state index in [2.05, 4.69) is 26.6 Å². The fraction of sp³-hybridized carbons (Fsp3) is 0.136. The van der Waals surface area contributed by atoms with Crippen molar-refractivity contribution in [1.82, 2.24) is 19.0 Å². The number of benzene rings is 2. The maximum atomic E-state index is 13.2. The Balaban J connectivity index is 1.52. The van der Waals surface area contributed by atoms with Crippen molar-refractivity contribution in [3.05, 3.63) is 89.1 Å². The third-order valence-corrected chi connectivity index (χ3v) is 6.15. The molecule has 0 bridgehead atoms. The summed E-state index contributed by atoms with van der Waals surface area (Å²) in [6, 6.07) is 13.5. The van der Waals surface area contributed by atoms with Gasteiger partial charge in [-0.3, -0.25) is 9.59 Å². The van der Waals surface area contributed by atoms with Gasteiger partial charge in [-0.1, -0.05) is 30.3 Å². The van der Waals surface area contributed by atoms with Crippen LogP contribution in [0.15, 0.2) is 66.9 Å². The van der Waals surface area contributed by atoms with E-state index in [4.69, 9.17) is 0 Å². The van der Waals surface area contributed by atoms with Crippen LogP contribution in [-0.4, -0.2) is 38.4 Å². The molecule has 168 valence electrons. The third-order valence-electron chi connectivity index (χ3n) is 5.44. The number of carbonyl (C=O) groups excluding carboxylic acids is 2. The molecule has 5 rings (SSSR count). The first-order valence-electron chi connectivity index (χ1n) is 9.84. The van der Waals surface area contributed by atoms with Gasteiger partial charge in [-0.15, -0.1) is 0 Å². The van der Waals surface area contributed by atoms with Crippen LogP contribution in [0, 0.1) is 0 Å². The highest BCUT2D eigenvalue weighted by Gasteiger charge is 2.42. The molecule has 0 saturated carbocycles. The highest BCUT2D eigenvalue weighted by molar-refractivity contribution is 9.07. The highest BCUT2D eigenvalue weighted by Crippen LogP contribution is 2.38. The Hall–Kier alpha value is -3.60. The molecule has 1 atom stereocenters. The van der Waals surface area contributed by atoms with Crippen LogP contribution < -0.4 is 10.2 Å². The van der Waals surface area contributed by atoms with Crippen molar-refractivity contribution in [2.24, 2.45) is 0 Å². The van der Waals surface area contributed by atoms with Gasteiger partial charge in [-0.25, -0.2) is 8.61 Å². The normalized spacial score (nSPS) is 17.5. The first-order valence-corrected chi connectivity index (χ1v) is 10.5. The third kappa shape index (κ3) is 3.58. The summed E-state index contributed by atoms with van der Waals surface area (Å²) in [7, 11) is 0. The van der Waals surface area contributed by atoms with Gasteiger partial charge in [0.05, 0.1) is 33.6 Å². The molecule has 2 aliphatic heterocycles. The van der Waals surface area contributed by atoms with Crippen LogP contribution >= 0.6 is 16.1 Å². The molecule has 2 aliphatic rings. The van der Waals surface area contributed by atoms with E-state index >= 15 is 0 Å². The van der Waals surface area contributed by atoms with Crippen molar-refractivity contribution in [3.63, 3.8) is 0 Å². The van der Waals surface area contributed by atoms with Gasteiger partial charge in [0.2, 0.25) is 0 Å². The van der Waals surface area contributed by atoms with Crippen LogP contribution in [0.5, 0.6) is 0 Å². The molecular formula is C22H15BrF3N5O2. The summed E-state index contributed by atoms with van der Waals surface area (Å²) in [6.45, 7) is 0.222. The average Bonchev–Trinajstić information content (AvgIpc) is 3.26. The lowest BCUT2D eigenvalue weighted by molar-refractivity contribution is -0.137. The van der Waals surface area contributed by atoms with Gasteiger partial charge >= 0.3 is 6.18 Å². The van der Waals surface area contributed by atoms with E-state index in [9.17, 15) is 22.8 Å². The van der Waals surface area contributed by atoms with E-state index in [-0.39, 0.29) is 18.0 Å². The zero-order valence-electron chi connectivity index (χ0n) is 16.8. The van der Waals surface area contributed by atoms with Crippen molar-refractivity contribution in [1.29, 1.82) is 0 Å². The average molecular weight is 518 g/mol. The molecule has 1 unspecified atom stereocenters. The molecule has 33 heavy (non-hydrogen) atoms. The lowest BCUT2D eigenvalue weighted by atomic mass is 10.1. The van der Waals surface area contributed by atoms with Crippen LogP contribution in [0.2, 0.25) is 0 Å². The van der Waals surface area contributed by atoms with E-state index < -0.39 is 23.9 Å². The van der Waals surface area contributed by atoms with E-state index in [1.807, 2.05) is 0 Å². The van der Waals surface area contributed by atoms with Crippen LogP contribution in [0.25, 0.3) is 5.70 Å². The number of amides is 2. The predicted molar refractivity (Wildman–Crippen MR) is 117 cm³/mol. The number of carbonyl (C=O) groups is 2. The van der Waals surface area contributed by atoms with Crippen LogP contribution in [0.1, 0.15) is 31.8 Å². The maximum absolute atomic E-state index is 13.2. The Labute approximate surface area is 194 Å². The number of hydrogen-bond donors (Lipinski definition) is 1. The molecular weight excluding hydrogens is 503 g/mol. The van der Waals surface area contributed by atoms with E-state index in [0.29, 0.717) is 22.6 Å². The zero-order chi connectivity index (χ0) is 23.3. The second-order valence-electron chi connectivity index (χ2n) is 7.44. The molecule has 2 aromatic carbocycles. The lowest BCUT2D eigenvalue weighted by Crippen LogP contribution is -2.61. The van der Waals surface area contributed by atoms with Crippen LogP contribution in [0.3, 0.4) is 0 Å². The number of nitrogens with one attached hydrogen (secondary N) is 1. The fourth-order valence-electron chi connectivity index (χ4n) is 3.89. The summed E-state index contributed by atoms with van der Waals surface area (Å²) in [5.41, 5.74) is 0.633. The number of rotatable bonds is 3. The maximum Gasteiger partial charge on any atom is 0.416 e. The van der Waals surface area contributed by atoms with Crippen molar-refractivity contribution in [3.8, 4) is 0 Å². The molecule has 0 aliphatic carbocycles. The number of hydrogen-bond acceptors (Lipinski definition) is 4. The summed E-state index contributed by atoms with van der Waals surface area (Å²) in [4.78, 5) is 27.4. The minimum absolute atomic E-state index is 0.222. The SMILES string of the molecule is O=C(NC1N(Br)C(=O)c2cnn3c2N1CC=C3c1cccc(C(F)(F)F)c1)c1ccccc1. The monoisotopic (exact) mass is 517 g/mol. The second-order valence-corrected chi connectivity index (χ2v) is 8.21. The Bertz CT molecular complexity index is 1290. The molecule has 11 heteroatoms. The molecule has 3 aromatic rings. The molecule has 1 aromatic heterocycles. The second kappa shape index (κ2) is 7.77. The standard InChI is InChI=1S/C22H15BrF3N5O2/c23-30-20(33)16-12-27-31-17(14-7-4-8-15(11-14)22(24,25)26)9-10-29(19(16)31)21(30)28-18(32)13-5-2-1-3-6-13/h1-9,11-12,21H,10H2,(H,28,32). The van der Waals surface area contributed by atoms with Crippen LogP contribution in [-0.2, 0) is 6.18 Å². The Morgan fingerprint density at radius 3 is 2.61 bits per heavy atom. The minimum Gasteiger partial charge on any atom is -0.314 e. The number of halogens is 4. The van der Waals surface area contributed by atoms with Gasteiger partial charge in [-0.05, 0) is 30.3 Å². The lowest BCUT2D eigenvalue weighted by Gasteiger charge is -2.42. The molecule has 0 fully saturated rings. The highest BCUT2D eigenvalue weighted by atomic mass is 79.9. The van der Waals surface area contributed by atoms with Gasteiger partial charge in [0.25, 0.3) is 11.8 Å². The molecule has 7 nitrogen and oxygen atoms in total. The summed E-state index contributed by atoms with van der Waals surface area (Å²) < 4.78 is 42.3. The van der Waals surface area contributed by atoms with E-state index in [1.165, 1.54) is 20.9 Å². The summed E-state index contributed by atoms with van der Waals surface area (Å²) in [5, 5.41) is 7.09. The van der Waals surface area contributed by atoms with Crippen molar-refractivity contribution in [2.75, 3.05) is 11.4 Å². The number of nitrogens with zero attached hydrogens (tertiary/aromatic N) is 4. The largest absolute Gasteiger partial charge is 0.416 e. The van der Waals surface area contributed by atoms with Gasteiger partial charge in [0.1, 0.15) is 11.4 Å². The summed E-state index contributed by atoms with van der Waals surface area (Å²) >= 11 is 3.24. The molecule has 3 heterocycles. The molecule has 0 saturated heterocycles. The van der Waals surface area contributed by atoms with Crippen molar-refractivity contribution >= 4 is 39.5 Å². The minimum atomic E-state index is -4.49. The summed E-state index contributed by atoms with van der Waals surface area (Å²) in [6.07, 6.45) is -2.30. The van der Waals surface area contributed by atoms with E-state index in [0.717, 1.165) is 12.1 Å². The number of aromatic nitrogens is 2. The Morgan fingerprint density at radius 1 is 1.12 bits per heavy atom. The van der Waals surface area contributed by atoms with Gasteiger partial charge < -0.3 is 10.2 Å². The van der Waals surface area contributed by atoms with Gasteiger partial charge in [0, 0.05) is 17.7 Å². The van der Waals surface area contributed by atoms with Gasteiger partial charge in [-0.2, -0.15) is 18.3 Å². The molecule has 0 spiro atoms. The van der Waals surface area contributed by atoms with Crippen LogP contribution in [0.4, 0.5) is 19.0 Å². The van der Waals surface area contributed by atoms with Crippen molar-refractivity contribution in [2.45, 2.75) is 12.5 Å². The van der Waals surface area contributed by atoms with E-state index in [1.54, 1.807) is 47.4 Å². The molecule has 0 radical (unpaired) electrons. The zero-order valence-corrected chi connectivity index (χ0v) is 18.3. The first-order chi connectivity index (χ1) is 15.8. The smallest absolute Gasteiger partial charge is 0.314 e. The Morgan fingerprint density at radius 2 is 1.88 bits per heavy atom. The number of anilines is 1. The topological polar surface area (TPSA) is 70.5 Å². The summed E-state index contributed by atoms with van der Waals surface area (Å²) in [5.74, 6) is -0.430. The number of alkyl halides is 3. The Kier molecular flexibility index (Phi) is 5.00. The first kappa shape index (κ1) is 21.3. The predicted octanol–water partition coefficient (Wildman–Crippen LogP) is 4.09. The quantitative estimate of drug-likeness (QED) is 0.531.